The van der Waals surface area contributed by atoms with Gasteiger partial charge < -0.3 is 11.1 Å². The number of hydrogen-bond donors (Lipinski definition) is 2. The molecule has 0 aliphatic carbocycles. The summed E-state index contributed by atoms with van der Waals surface area (Å²) in [5.41, 5.74) is 5.71. The molecule has 1 heterocycles. The van der Waals surface area contributed by atoms with Crippen molar-refractivity contribution in [1.29, 1.82) is 0 Å². The highest BCUT2D eigenvalue weighted by Gasteiger charge is 2.32. The zero-order chi connectivity index (χ0) is 12.2. The van der Waals surface area contributed by atoms with Crippen LogP contribution < -0.4 is 11.1 Å². The molecule has 1 amide bonds. The maximum atomic E-state index is 11.6. The van der Waals surface area contributed by atoms with Gasteiger partial charge in [-0.05, 0) is 19.3 Å². The molecule has 0 spiro atoms. The highest BCUT2D eigenvalue weighted by atomic mass is 32.2. The van der Waals surface area contributed by atoms with Crippen LogP contribution in [-0.2, 0) is 14.6 Å². The lowest BCUT2D eigenvalue weighted by atomic mass is 10.1. The second-order valence-corrected chi connectivity index (χ2v) is 6.58. The molecule has 0 aromatic carbocycles. The second kappa shape index (κ2) is 5.63. The smallest absolute Gasteiger partial charge is 0.224 e. The van der Waals surface area contributed by atoms with Crippen molar-refractivity contribution in [3.63, 3.8) is 0 Å². The van der Waals surface area contributed by atoms with Crippen molar-refractivity contribution >= 4 is 15.7 Å². The van der Waals surface area contributed by atoms with E-state index in [4.69, 9.17) is 5.73 Å². The highest BCUT2D eigenvalue weighted by molar-refractivity contribution is 7.91. The molecular formula is C10H20N2O3S. The number of nitrogens with one attached hydrogen (secondary N) is 1. The topological polar surface area (TPSA) is 89.3 Å². The van der Waals surface area contributed by atoms with Gasteiger partial charge in [0.1, 0.15) is 0 Å². The van der Waals surface area contributed by atoms with Crippen LogP contribution in [0.2, 0.25) is 0 Å². The average Bonchev–Trinajstić information content (AvgIpc) is 2.58. The van der Waals surface area contributed by atoms with Crippen LogP contribution in [0.15, 0.2) is 0 Å². The summed E-state index contributed by atoms with van der Waals surface area (Å²) in [6, 6.07) is 0.104. The molecule has 0 radical (unpaired) electrons. The van der Waals surface area contributed by atoms with E-state index in [1.54, 1.807) is 0 Å². The zero-order valence-corrected chi connectivity index (χ0v) is 10.4. The van der Waals surface area contributed by atoms with E-state index in [9.17, 15) is 13.2 Å². The molecule has 2 unspecified atom stereocenters. The zero-order valence-electron chi connectivity index (χ0n) is 9.61. The van der Waals surface area contributed by atoms with E-state index in [0.29, 0.717) is 13.0 Å². The van der Waals surface area contributed by atoms with Crippen LogP contribution >= 0.6 is 0 Å². The lowest BCUT2D eigenvalue weighted by Gasteiger charge is -2.11. The van der Waals surface area contributed by atoms with Crippen molar-refractivity contribution in [2.45, 2.75) is 32.2 Å². The SMILES string of the molecule is CCC(N)CCNC(=O)C1CCS(=O)(=O)C1. The largest absolute Gasteiger partial charge is 0.356 e. The minimum atomic E-state index is -2.97. The minimum Gasteiger partial charge on any atom is -0.356 e. The number of rotatable bonds is 5. The molecule has 2 atom stereocenters. The van der Waals surface area contributed by atoms with Gasteiger partial charge in [-0.15, -0.1) is 0 Å². The Morgan fingerprint density at radius 3 is 2.75 bits per heavy atom. The first-order chi connectivity index (χ1) is 7.44. The quantitative estimate of drug-likeness (QED) is 0.697. The fourth-order valence-corrected chi connectivity index (χ4v) is 3.47. The summed E-state index contributed by atoms with van der Waals surface area (Å²) in [7, 11) is -2.97. The van der Waals surface area contributed by atoms with Gasteiger partial charge in [-0.25, -0.2) is 8.42 Å². The van der Waals surface area contributed by atoms with E-state index in [1.165, 1.54) is 0 Å². The normalized spacial score (nSPS) is 25.2. The predicted octanol–water partition coefficient (Wildman–Crippen LogP) is -0.335. The number of sulfone groups is 1. The first kappa shape index (κ1) is 13.4. The Kier molecular flexibility index (Phi) is 4.73. The summed E-state index contributed by atoms with van der Waals surface area (Å²) in [5.74, 6) is -0.370. The van der Waals surface area contributed by atoms with Crippen molar-refractivity contribution in [3.05, 3.63) is 0 Å². The molecule has 3 N–H and O–H groups in total. The van der Waals surface area contributed by atoms with Crippen molar-refractivity contribution in [2.24, 2.45) is 11.7 Å². The van der Waals surface area contributed by atoms with Gasteiger partial charge in [0, 0.05) is 12.6 Å². The van der Waals surface area contributed by atoms with Gasteiger partial charge in [0.15, 0.2) is 9.84 Å². The Hall–Kier alpha value is -0.620. The molecule has 0 saturated carbocycles. The summed E-state index contributed by atoms with van der Waals surface area (Å²) in [6.07, 6.45) is 2.07. The molecule has 0 aromatic rings. The fourth-order valence-electron chi connectivity index (χ4n) is 1.73. The van der Waals surface area contributed by atoms with Gasteiger partial charge in [0.05, 0.1) is 17.4 Å². The van der Waals surface area contributed by atoms with Crippen LogP contribution in [0.1, 0.15) is 26.2 Å². The molecule has 1 rings (SSSR count). The van der Waals surface area contributed by atoms with E-state index < -0.39 is 9.84 Å². The van der Waals surface area contributed by atoms with E-state index in [0.717, 1.165) is 12.8 Å². The van der Waals surface area contributed by atoms with Crippen molar-refractivity contribution < 1.29 is 13.2 Å². The van der Waals surface area contributed by atoms with Gasteiger partial charge in [-0.1, -0.05) is 6.92 Å². The molecule has 1 saturated heterocycles. The van der Waals surface area contributed by atoms with Gasteiger partial charge >= 0.3 is 0 Å². The number of nitrogens with two attached hydrogens (primary N) is 1. The summed E-state index contributed by atoms with van der Waals surface area (Å²) in [5, 5.41) is 2.74. The van der Waals surface area contributed by atoms with Crippen LogP contribution in [0.25, 0.3) is 0 Å². The summed E-state index contributed by atoms with van der Waals surface area (Å²) in [6.45, 7) is 2.53. The Balaban J connectivity index is 2.26. The molecule has 1 aliphatic rings. The second-order valence-electron chi connectivity index (χ2n) is 4.35. The predicted molar refractivity (Wildman–Crippen MR) is 62.7 cm³/mol. The van der Waals surface area contributed by atoms with E-state index in [-0.39, 0.29) is 29.4 Å². The molecule has 16 heavy (non-hydrogen) atoms. The maximum absolute atomic E-state index is 11.6. The number of carbonyl (C=O) groups is 1. The first-order valence-electron chi connectivity index (χ1n) is 5.68. The molecule has 1 fully saturated rings. The summed E-state index contributed by atoms with van der Waals surface area (Å²) >= 11 is 0. The van der Waals surface area contributed by atoms with Crippen molar-refractivity contribution in [3.8, 4) is 0 Å². The van der Waals surface area contributed by atoms with Crippen LogP contribution in [0, 0.1) is 5.92 Å². The monoisotopic (exact) mass is 248 g/mol. The van der Waals surface area contributed by atoms with Gasteiger partial charge in [0.25, 0.3) is 0 Å². The maximum Gasteiger partial charge on any atom is 0.224 e. The van der Waals surface area contributed by atoms with Gasteiger partial charge in [0.2, 0.25) is 5.91 Å². The van der Waals surface area contributed by atoms with Crippen LogP contribution in [0.4, 0.5) is 0 Å². The molecule has 5 nitrogen and oxygen atoms in total. The molecular weight excluding hydrogens is 228 g/mol. The summed E-state index contributed by atoms with van der Waals surface area (Å²) in [4.78, 5) is 11.6. The van der Waals surface area contributed by atoms with Crippen LogP contribution in [0.5, 0.6) is 0 Å². The van der Waals surface area contributed by atoms with E-state index >= 15 is 0 Å². The third-order valence-corrected chi connectivity index (χ3v) is 4.71. The Morgan fingerprint density at radius 2 is 2.25 bits per heavy atom. The number of carbonyl (C=O) groups excluding carboxylic acids is 1. The summed E-state index contributed by atoms with van der Waals surface area (Å²) < 4.78 is 22.3. The van der Waals surface area contributed by atoms with Crippen LogP contribution in [-0.4, -0.2) is 38.4 Å². The Morgan fingerprint density at radius 1 is 1.56 bits per heavy atom. The van der Waals surface area contributed by atoms with Crippen molar-refractivity contribution in [1.82, 2.24) is 5.32 Å². The van der Waals surface area contributed by atoms with E-state index in [2.05, 4.69) is 5.32 Å². The molecule has 1 aliphatic heterocycles. The molecule has 0 aromatic heterocycles. The Labute approximate surface area is 96.7 Å². The van der Waals surface area contributed by atoms with Crippen LogP contribution in [0.3, 0.4) is 0 Å². The third kappa shape index (κ3) is 4.09. The van der Waals surface area contributed by atoms with Crippen molar-refractivity contribution in [2.75, 3.05) is 18.1 Å². The lowest BCUT2D eigenvalue weighted by Crippen LogP contribution is -2.34. The minimum absolute atomic E-state index is 0.00132. The molecule has 0 bridgehead atoms. The highest BCUT2D eigenvalue weighted by Crippen LogP contribution is 2.18. The Bertz CT molecular complexity index is 340. The first-order valence-corrected chi connectivity index (χ1v) is 7.50. The molecule has 94 valence electrons. The number of amides is 1. The lowest BCUT2D eigenvalue weighted by molar-refractivity contribution is -0.124. The van der Waals surface area contributed by atoms with Gasteiger partial charge in [-0.2, -0.15) is 0 Å². The van der Waals surface area contributed by atoms with E-state index in [1.807, 2.05) is 6.92 Å². The third-order valence-electron chi connectivity index (χ3n) is 2.94. The number of hydrogen-bond acceptors (Lipinski definition) is 4. The molecule has 6 heteroatoms. The fraction of sp³-hybridized carbons (Fsp3) is 0.900. The van der Waals surface area contributed by atoms with Gasteiger partial charge in [-0.3, -0.25) is 4.79 Å². The average molecular weight is 248 g/mol. The standard InChI is InChI=1S/C10H20N2O3S/c1-2-9(11)3-5-12-10(13)8-4-6-16(14,15)7-8/h8-9H,2-7,11H2,1H3,(H,12,13).